The van der Waals surface area contributed by atoms with Crippen molar-refractivity contribution in [1.29, 1.82) is 0 Å². The third kappa shape index (κ3) is 2.00. The van der Waals surface area contributed by atoms with Gasteiger partial charge in [0.25, 0.3) is 0 Å². The van der Waals surface area contributed by atoms with Crippen LogP contribution in [-0.2, 0) is 4.74 Å². The fourth-order valence-electron chi connectivity index (χ4n) is 1.50. The van der Waals surface area contributed by atoms with Crippen molar-refractivity contribution in [3.63, 3.8) is 0 Å². The Morgan fingerprint density at radius 2 is 2.33 bits per heavy atom. The smallest absolute Gasteiger partial charge is 0.151 e. The number of pyridine rings is 1. The van der Waals surface area contributed by atoms with Crippen molar-refractivity contribution < 1.29 is 14.9 Å². The highest BCUT2D eigenvalue weighted by atomic mass is 16.5. The van der Waals surface area contributed by atoms with Gasteiger partial charge in [-0.05, 0) is 30.7 Å². The second-order valence-electron chi connectivity index (χ2n) is 3.58. The largest absolute Gasteiger partial charge is 0.483 e. The van der Waals surface area contributed by atoms with Gasteiger partial charge in [-0.1, -0.05) is 0 Å². The number of hydrogen-bond acceptors (Lipinski definition) is 4. The Bertz CT molecular complexity index is 389. The Hall–Kier alpha value is -1.39. The summed E-state index contributed by atoms with van der Waals surface area (Å²) in [6, 6.07) is 3.76. The molecule has 0 bridgehead atoms. The summed E-state index contributed by atoms with van der Waals surface area (Å²) >= 11 is 0. The van der Waals surface area contributed by atoms with E-state index in [1.54, 1.807) is 12.3 Å². The standard InChI is InChI=1S/C11H13NO3/c1-7-2-3-12-8(4-7)10-5-9(14)11(6-13)15-10/h2-5,9,11,13-14H,6H2,1H3/t9-,11+/m0/s1. The molecule has 1 aliphatic heterocycles. The fraction of sp³-hybridized carbons (Fsp3) is 0.364. The van der Waals surface area contributed by atoms with E-state index in [4.69, 9.17) is 9.84 Å². The Morgan fingerprint density at radius 1 is 1.53 bits per heavy atom. The molecule has 4 heteroatoms. The number of aromatic nitrogens is 1. The third-order valence-corrected chi connectivity index (χ3v) is 2.33. The van der Waals surface area contributed by atoms with Gasteiger partial charge in [0.2, 0.25) is 0 Å². The summed E-state index contributed by atoms with van der Waals surface area (Å²) in [5, 5.41) is 18.4. The lowest BCUT2D eigenvalue weighted by atomic mass is 10.2. The molecule has 2 atom stereocenters. The fourth-order valence-corrected chi connectivity index (χ4v) is 1.50. The SMILES string of the molecule is Cc1ccnc(C2=C[C@H](O)[C@@H](CO)O2)c1. The second-order valence-corrected chi connectivity index (χ2v) is 3.58. The summed E-state index contributed by atoms with van der Waals surface area (Å²) in [6.45, 7) is 1.76. The topological polar surface area (TPSA) is 62.6 Å². The lowest BCUT2D eigenvalue weighted by Crippen LogP contribution is -2.25. The van der Waals surface area contributed by atoms with Crippen LogP contribution in [0.2, 0.25) is 0 Å². The molecule has 1 aromatic rings. The van der Waals surface area contributed by atoms with E-state index in [-0.39, 0.29) is 6.61 Å². The van der Waals surface area contributed by atoms with Crippen molar-refractivity contribution in [3.05, 3.63) is 35.7 Å². The normalized spacial score (nSPS) is 24.9. The summed E-state index contributed by atoms with van der Waals surface area (Å²) in [5.74, 6) is 0.533. The predicted molar refractivity (Wildman–Crippen MR) is 54.9 cm³/mol. The van der Waals surface area contributed by atoms with Crippen molar-refractivity contribution in [3.8, 4) is 0 Å². The third-order valence-electron chi connectivity index (χ3n) is 2.33. The van der Waals surface area contributed by atoms with Gasteiger partial charge >= 0.3 is 0 Å². The van der Waals surface area contributed by atoms with Crippen molar-refractivity contribution in [2.75, 3.05) is 6.61 Å². The van der Waals surface area contributed by atoms with Crippen LogP contribution in [0.3, 0.4) is 0 Å². The van der Waals surface area contributed by atoms with Crippen molar-refractivity contribution in [2.24, 2.45) is 0 Å². The summed E-state index contributed by atoms with van der Waals surface area (Å²) in [4.78, 5) is 4.14. The van der Waals surface area contributed by atoms with Crippen molar-refractivity contribution in [1.82, 2.24) is 4.98 Å². The quantitative estimate of drug-likeness (QED) is 0.740. The molecule has 0 saturated carbocycles. The molecule has 0 saturated heterocycles. The number of hydrogen-bond donors (Lipinski definition) is 2. The summed E-state index contributed by atoms with van der Waals surface area (Å²) in [7, 11) is 0. The molecule has 0 amide bonds. The number of ether oxygens (including phenoxy) is 1. The Kier molecular flexibility index (Phi) is 2.70. The van der Waals surface area contributed by atoms with E-state index in [9.17, 15) is 5.11 Å². The molecule has 0 aromatic carbocycles. The molecule has 0 aliphatic carbocycles. The molecule has 0 radical (unpaired) electrons. The number of nitrogens with zero attached hydrogens (tertiary/aromatic N) is 1. The van der Waals surface area contributed by atoms with Crippen LogP contribution in [0.15, 0.2) is 24.4 Å². The van der Waals surface area contributed by atoms with Gasteiger partial charge in [-0.25, -0.2) is 0 Å². The highest BCUT2D eigenvalue weighted by molar-refractivity contribution is 5.59. The Labute approximate surface area is 87.8 Å². The first-order chi connectivity index (χ1) is 7.20. The molecular formula is C11H13NO3. The molecule has 2 rings (SSSR count). The first kappa shape index (κ1) is 10.1. The van der Waals surface area contributed by atoms with Crippen LogP contribution < -0.4 is 0 Å². The van der Waals surface area contributed by atoms with Crippen LogP contribution in [0.4, 0.5) is 0 Å². The van der Waals surface area contributed by atoms with Crippen LogP contribution in [0, 0.1) is 6.92 Å². The number of rotatable bonds is 2. The zero-order valence-corrected chi connectivity index (χ0v) is 8.42. The maximum atomic E-state index is 9.50. The molecule has 15 heavy (non-hydrogen) atoms. The molecule has 1 aliphatic rings. The van der Waals surface area contributed by atoms with Crippen LogP contribution in [0.25, 0.3) is 5.76 Å². The van der Waals surface area contributed by atoms with E-state index >= 15 is 0 Å². The monoisotopic (exact) mass is 207 g/mol. The molecule has 2 heterocycles. The van der Waals surface area contributed by atoms with Gasteiger partial charge < -0.3 is 14.9 Å². The van der Waals surface area contributed by atoms with E-state index in [2.05, 4.69) is 4.98 Å². The van der Waals surface area contributed by atoms with Gasteiger partial charge in [-0.2, -0.15) is 0 Å². The first-order valence-corrected chi connectivity index (χ1v) is 4.81. The van der Waals surface area contributed by atoms with Crippen molar-refractivity contribution in [2.45, 2.75) is 19.1 Å². The lowest BCUT2D eigenvalue weighted by Gasteiger charge is -2.12. The zero-order chi connectivity index (χ0) is 10.8. The summed E-state index contributed by atoms with van der Waals surface area (Å²) in [6.07, 6.45) is 1.94. The number of aryl methyl sites for hydroxylation is 1. The lowest BCUT2D eigenvalue weighted by molar-refractivity contribution is 0.0291. The summed E-state index contributed by atoms with van der Waals surface area (Å²) < 4.78 is 5.36. The van der Waals surface area contributed by atoms with Crippen LogP contribution in [0.1, 0.15) is 11.3 Å². The average Bonchev–Trinajstić information content (AvgIpc) is 2.60. The van der Waals surface area contributed by atoms with Gasteiger partial charge in [0.15, 0.2) is 6.10 Å². The molecule has 0 spiro atoms. The number of aliphatic hydroxyl groups is 2. The predicted octanol–water partition coefficient (Wildman–Crippen LogP) is 0.483. The zero-order valence-electron chi connectivity index (χ0n) is 8.42. The maximum Gasteiger partial charge on any atom is 0.151 e. The van der Waals surface area contributed by atoms with E-state index in [1.807, 2.05) is 19.1 Å². The van der Waals surface area contributed by atoms with Gasteiger partial charge in [0.1, 0.15) is 17.6 Å². The van der Waals surface area contributed by atoms with Crippen LogP contribution in [-0.4, -0.2) is 34.0 Å². The van der Waals surface area contributed by atoms with E-state index < -0.39 is 12.2 Å². The Balaban J connectivity index is 2.23. The van der Waals surface area contributed by atoms with E-state index in [1.165, 1.54) is 0 Å². The summed E-state index contributed by atoms with van der Waals surface area (Å²) in [5.41, 5.74) is 1.76. The van der Waals surface area contributed by atoms with Gasteiger partial charge in [0.05, 0.1) is 6.61 Å². The molecule has 0 unspecified atom stereocenters. The average molecular weight is 207 g/mol. The maximum absolute atomic E-state index is 9.50. The highest BCUT2D eigenvalue weighted by Gasteiger charge is 2.27. The van der Waals surface area contributed by atoms with Crippen LogP contribution in [0.5, 0.6) is 0 Å². The Morgan fingerprint density at radius 3 is 2.93 bits per heavy atom. The molecule has 80 valence electrons. The molecule has 0 fully saturated rings. The molecular weight excluding hydrogens is 194 g/mol. The minimum absolute atomic E-state index is 0.201. The molecule has 4 nitrogen and oxygen atoms in total. The van der Waals surface area contributed by atoms with E-state index in [0.29, 0.717) is 11.5 Å². The first-order valence-electron chi connectivity index (χ1n) is 4.81. The molecule has 1 aromatic heterocycles. The molecule has 2 N–H and O–H groups in total. The second kappa shape index (κ2) is 4.00. The van der Waals surface area contributed by atoms with Crippen LogP contribution >= 0.6 is 0 Å². The van der Waals surface area contributed by atoms with Gasteiger partial charge in [0, 0.05) is 6.20 Å². The van der Waals surface area contributed by atoms with Crippen molar-refractivity contribution >= 4 is 5.76 Å². The minimum atomic E-state index is -0.757. The minimum Gasteiger partial charge on any atom is -0.483 e. The highest BCUT2D eigenvalue weighted by Crippen LogP contribution is 2.25. The van der Waals surface area contributed by atoms with E-state index in [0.717, 1.165) is 5.56 Å². The van der Waals surface area contributed by atoms with Gasteiger partial charge in [-0.15, -0.1) is 0 Å². The van der Waals surface area contributed by atoms with Gasteiger partial charge in [-0.3, -0.25) is 4.98 Å². The number of aliphatic hydroxyl groups excluding tert-OH is 2.